The molecule has 0 fully saturated rings. The van der Waals surface area contributed by atoms with E-state index in [1.54, 1.807) is 23.5 Å². The number of thioether (sulfide) groups is 2. The van der Waals surface area contributed by atoms with Gasteiger partial charge in [-0.1, -0.05) is 50.6 Å². The van der Waals surface area contributed by atoms with Gasteiger partial charge in [0.2, 0.25) is 0 Å². The molecule has 2 aromatic heterocycles. The number of hydrogen-bond acceptors (Lipinski definition) is 4. The lowest BCUT2D eigenvalue weighted by atomic mass is 10.0. The molecule has 0 saturated heterocycles. The van der Waals surface area contributed by atoms with Gasteiger partial charge in [-0.15, -0.1) is 23.5 Å². The molecule has 0 saturated carbocycles. The van der Waals surface area contributed by atoms with Gasteiger partial charge in [0.15, 0.2) is 0 Å². The summed E-state index contributed by atoms with van der Waals surface area (Å²) in [5.41, 5.74) is 2.98. The summed E-state index contributed by atoms with van der Waals surface area (Å²) in [6.45, 7) is 6.57. The van der Waals surface area contributed by atoms with Crippen LogP contribution in [0.1, 0.15) is 44.5 Å². The van der Waals surface area contributed by atoms with E-state index >= 15 is 0 Å². The average Bonchev–Trinajstić information content (AvgIpc) is 3.13. The maximum Gasteiger partial charge on any atom is 0.305 e. The number of benzene rings is 2. The molecule has 2 aromatic carbocycles. The molecule has 4 rings (SSSR count). The van der Waals surface area contributed by atoms with Gasteiger partial charge >= 0.3 is 5.97 Å². The number of aromatic nitrogens is 2. The molecule has 1 unspecified atom stereocenters. The molecule has 176 valence electrons. The van der Waals surface area contributed by atoms with E-state index in [0.29, 0.717) is 5.02 Å². The standard InChI is InChI=1S/C27H27ClN2O2S2/c1-27(2,3)34-25-16-30(24(15-26(31)32)18-7-9-19(28)10-8-18)23-12-11-21(14-22(23)25)33-17-20-6-4-5-13-29-20/h4-14,16,24H,15,17H2,1-3H3,(H,31,32). The second-order valence-electron chi connectivity index (χ2n) is 9.07. The number of rotatable bonds is 8. The van der Waals surface area contributed by atoms with Gasteiger partial charge in [0.1, 0.15) is 0 Å². The van der Waals surface area contributed by atoms with Gasteiger partial charge in [-0.3, -0.25) is 9.78 Å². The van der Waals surface area contributed by atoms with Crippen LogP contribution in [-0.4, -0.2) is 25.4 Å². The van der Waals surface area contributed by atoms with Crippen LogP contribution < -0.4 is 0 Å². The molecular formula is C27H27ClN2O2S2. The van der Waals surface area contributed by atoms with Crippen molar-refractivity contribution in [3.63, 3.8) is 0 Å². The van der Waals surface area contributed by atoms with Crippen LogP contribution >= 0.6 is 35.1 Å². The van der Waals surface area contributed by atoms with Gasteiger partial charge in [-0.2, -0.15) is 0 Å². The van der Waals surface area contributed by atoms with E-state index in [9.17, 15) is 9.90 Å². The number of hydrogen-bond donors (Lipinski definition) is 1. The Labute approximate surface area is 213 Å². The van der Waals surface area contributed by atoms with Crippen LogP contribution in [0.15, 0.2) is 82.8 Å². The molecule has 0 radical (unpaired) electrons. The first-order valence-corrected chi connectivity index (χ1v) is 13.2. The van der Waals surface area contributed by atoms with E-state index < -0.39 is 5.97 Å². The first-order valence-electron chi connectivity index (χ1n) is 11.0. The first kappa shape index (κ1) is 24.7. The summed E-state index contributed by atoms with van der Waals surface area (Å²) in [5, 5.41) is 11.5. The third-order valence-electron chi connectivity index (χ3n) is 5.26. The number of carbonyl (C=O) groups is 1. The number of halogens is 1. The van der Waals surface area contributed by atoms with Crippen molar-refractivity contribution < 1.29 is 9.90 Å². The average molecular weight is 511 g/mol. The third kappa shape index (κ3) is 6.17. The Morgan fingerprint density at radius 1 is 1.12 bits per heavy atom. The molecule has 0 bridgehead atoms. The first-order chi connectivity index (χ1) is 16.2. The zero-order valence-electron chi connectivity index (χ0n) is 19.4. The van der Waals surface area contributed by atoms with Crippen LogP contribution in [0.3, 0.4) is 0 Å². The van der Waals surface area contributed by atoms with E-state index in [4.69, 9.17) is 11.6 Å². The van der Waals surface area contributed by atoms with Crippen LogP contribution in [0.5, 0.6) is 0 Å². The Hall–Kier alpha value is -2.41. The van der Waals surface area contributed by atoms with Crippen LogP contribution in [0.2, 0.25) is 5.02 Å². The van der Waals surface area contributed by atoms with E-state index in [1.165, 1.54) is 0 Å². The highest BCUT2D eigenvalue weighted by molar-refractivity contribution is 8.00. The summed E-state index contributed by atoms with van der Waals surface area (Å²) < 4.78 is 2.12. The topological polar surface area (TPSA) is 55.1 Å². The van der Waals surface area contributed by atoms with Crippen LogP contribution in [0.4, 0.5) is 0 Å². The van der Waals surface area contributed by atoms with Crippen molar-refractivity contribution in [1.82, 2.24) is 9.55 Å². The molecule has 7 heteroatoms. The van der Waals surface area contributed by atoms with Crippen molar-refractivity contribution in [3.8, 4) is 0 Å². The van der Waals surface area contributed by atoms with Crippen LogP contribution in [0.25, 0.3) is 10.9 Å². The quantitative estimate of drug-likeness (QED) is 0.244. The summed E-state index contributed by atoms with van der Waals surface area (Å²) in [4.78, 5) is 18.5. The number of carboxylic acids is 1. The summed E-state index contributed by atoms with van der Waals surface area (Å²) in [5.74, 6) is -0.0457. The van der Waals surface area contributed by atoms with Crippen molar-refractivity contribution in [2.45, 2.75) is 53.5 Å². The number of aliphatic carboxylic acids is 1. The number of nitrogens with zero attached hydrogens (tertiary/aromatic N) is 2. The highest BCUT2D eigenvalue weighted by atomic mass is 35.5. The van der Waals surface area contributed by atoms with Gasteiger partial charge < -0.3 is 9.67 Å². The lowest BCUT2D eigenvalue weighted by Gasteiger charge is -2.19. The molecule has 0 aliphatic rings. The maximum atomic E-state index is 11.8. The monoisotopic (exact) mass is 510 g/mol. The Kier molecular flexibility index (Phi) is 7.60. The fourth-order valence-electron chi connectivity index (χ4n) is 3.83. The van der Waals surface area contributed by atoms with Crippen molar-refractivity contribution in [1.29, 1.82) is 0 Å². The fraction of sp³-hybridized carbons (Fsp3) is 0.259. The minimum Gasteiger partial charge on any atom is -0.481 e. The molecule has 0 aliphatic carbocycles. The molecular weight excluding hydrogens is 484 g/mol. The Balaban J connectivity index is 1.77. The van der Waals surface area contributed by atoms with Gasteiger partial charge in [0.05, 0.1) is 18.2 Å². The third-order valence-corrected chi connectivity index (χ3v) is 7.69. The molecule has 0 spiro atoms. The van der Waals surface area contributed by atoms with Gasteiger partial charge in [0.25, 0.3) is 0 Å². The zero-order valence-corrected chi connectivity index (χ0v) is 21.8. The number of carboxylic acid groups (broad SMARTS) is 1. The molecule has 1 atom stereocenters. The molecule has 0 aliphatic heterocycles. The summed E-state index contributed by atoms with van der Waals surface area (Å²) in [7, 11) is 0. The maximum absolute atomic E-state index is 11.8. The van der Waals surface area contributed by atoms with Gasteiger partial charge in [0, 0.05) is 48.6 Å². The predicted molar refractivity (Wildman–Crippen MR) is 143 cm³/mol. The number of fused-ring (bicyclic) bond motifs is 1. The van der Waals surface area contributed by atoms with Gasteiger partial charge in [-0.05, 0) is 48.0 Å². The van der Waals surface area contributed by atoms with Crippen LogP contribution in [-0.2, 0) is 10.5 Å². The van der Waals surface area contributed by atoms with Crippen molar-refractivity contribution in [3.05, 3.63) is 89.3 Å². The fourth-order valence-corrected chi connectivity index (χ4v) is 5.91. The Morgan fingerprint density at radius 3 is 2.53 bits per heavy atom. The molecule has 0 amide bonds. The highest BCUT2D eigenvalue weighted by Crippen LogP contribution is 2.41. The molecule has 4 aromatic rings. The number of pyridine rings is 1. The largest absolute Gasteiger partial charge is 0.481 e. The minimum absolute atomic E-state index is 0.0127. The smallest absolute Gasteiger partial charge is 0.305 e. The lowest BCUT2D eigenvalue weighted by molar-refractivity contribution is -0.137. The Morgan fingerprint density at radius 2 is 1.88 bits per heavy atom. The zero-order chi connectivity index (χ0) is 24.3. The summed E-state index contributed by atoms with van der Waals surface area (Å²) >= 11 is 9.65. The van der Waals surface area contributed by atoms with E-state index in [2.05, 4.69) is 54.7 Å². The molecule has 34 heavy (non-hydrogen) atoms. The molecule has 4 nitrogen and oxygen atoms in total. The molecule has 2 heterocycles. The van der Waals surface area contributed by atoms with Crippen molar-refractivity contribution in [2.24, 2.45) is 0 Å². The van der Waals surface area contributed by atoms with Gasteiger partial charge in [-0.25, -0.2) is 0 Å². The summed E-state index contributed by atoms with van der Waals surface area (Å²) in [6, 6.07) is 19.5. The SMILES string of the molecule is CC(C)(C)Sc1cn(C(CC(=O)O)c2ccc(Cl)cc2)c2ccc(SCc3ccccn3)cc12. The summed E-state index contributed by atoms with van der Waals surface area (Å²) in [6.07, 6.45) is 3.91. The second-order valence-corrected chi connectivity index (χ2v) is 12.4. The molecule has 1 N–H and O–H groups in total. The van der Waals surface area contributed by atoms with E-state index in [1.807, 2.05) is 48.7 Å². The Bertz CT molecular complexity index is 1280. The van der Waals surface area contributed by atoms with Crippen molar-refractivity contribution in [2.75, 3.05) is 0 Å². The normalized spacial score (nSPS) is 12.7. The minimum atomic E-state index is -0.839. The van der Waals surface area contributed by atoms with E-state index in [-0.39, 0.29) is 17.2 Å². The van der Waals surface area contributed by atoms with Crippen LogP contribution in [0, 0.1) is 0 Å². The van der Waals surface area contributed by atoms with Crippen molar-refractivity contribution >= 4 is 52.0 Å². The predicted octanol–water partition coefficient (Wildman–Crippen LogP) is 7.94. The second kappa shape index (κ2) is 10.5. The lowest BCUT2D eigenvalue weighted by Crippen LogP contribution is -2.14. The van der Waals surface area contributed by atoms with E-state index in [0.717, 1.165) is 37.7 Å². The highest BCUT2D eigenvalue weighted by Gasteiger charge is 2.23.